The van der Waals surface area contributed by atoms with Crippen LogP contribution in [0.4, 0.5) is 0 Å². The van der Waals surface area contributed by atoms with Gasteiger partial charge in [-0.3, -0.25) is 4.98 Å². The van der Waals surface area contributed by atoms with E-state index in [0.29, 0.717) is 5.56 Å². The van der Waals surface area contributed by atoms with Crippen molar-refractivity contribution in [3.63, 3.8) is 0 Å². The van der Waals surface area contributed by atoms with E-state index in [4.69, 9.17) is 9.72 Å². The van der Waals surface area contributed by atoms with E-state index in [1.807, 2.05) is 18.2 Å². The lowest BCUT2D eigenvalue weighted by Crippen LogP contribution is -2.29. The third-order valence-electron chi connectivity index (χ3n) is 3.68. The molecule has 0 aliphatic carbocycles. The Labute approximate surface area is 125 Å². The van der Waals surface area contributed by atoms with Gasteiger partial charge < -0.3 is 9.64 Å². The number of esters is 1. The quantitative estimate of drug-likeness (QED) is 0.752. The largest absolute Gasteiger partial charge is 0.465 e. The van der Waals surface area contributed by atoms with Gasteiger partial charge in [0, 0.05) is 40.6 Å². The number of fused-ring (bicyclic) bond motifs is 2. The van der Waals surface area contributed by atoms with Crippen LogP contribution in [0.5, 0.6) is 0 Å². The van der Waals surface area contributed by atoms with Gasteiger partial charge in [-0.25, -0.2) is 4.79 Å². The third kappa shape index (κ3) is 2.21. The number of halogens is 1. The predicted octanol–water partition coefficient (Wildman–Crippen LogP) is 2.77. The van der Waals surface area contributed by atoms with Gasteiger partial charge >= 0.3 is 5.97 Å². The highest BCUT2D eigenvalue weighted by Crippen LogP contribution is 2.29. The summed E-state index contributed by atoms with van der Waals surface area (Å²) in [6.45, 7) is 1.69. The topological polar surface area (TPSA) is 42.4 Å². The zero-order chi connectivity index (χ0) is 14.3. The van der Waals surface area contributed by atoms with Crippen LogP contribution < -0.4 is 0 Å². The Morgan fingerprint density at radius 3 is 3.00 bits per heavy atom. The maximum atomic E-state index is 12.2. The second-order valence-electron chi connectivity index (χ2n) is 5.05. The molecule has 0 atom stereocenters. The fourth-order valence-electron chi connectivity index (χ4n) is 2.69. The standard InChI is InChI=1S/C15H15BrN2O2/c1-18-6-5-12-11(8-18)14(15(19)20-2)10-4-3-9(16)7-13(10)17-12/h3-4,7H,5-6,8H2,1-2H3. The molecule has 1 aliphatic heterocycles. The molecule has 4 nitrogen and oxygen atoms in total. The van der Waals surface area contributed by atoms with Gasteiger partial charge in [-0.1, -0.05) is 22.0 Å². The number of benzene rings is 1. The molecular formula is C15H15BrN2O2. The Kier molecular flexibility index (Phi) is 3.48. The number of pyridine rings is 1. The summed E-state index contributed by atoms with van der Waals surface area (Å²) in [5.41, 5.74) is 3.50. The first-order valence-corrected chi connectivity index (χ1v) is 7.27. The average molecular weight is 335 g/mol. The molecule has 0 bridgehead atoms. The van der Waals surface area contributed by atoms with E-state index in [9.17, 15) is 4.79 Å². The highest BCUT2D eigenvalue weighted by molar-refractivity contribution is 9.10. The molecule has 3 rings (SSSR count). The summed E-state index contributed by atoms with van der Waals surface area (Å²) in [5, 5.41) is 0.856. The van der Waals surface area contributed by atoms with Gasteiger partial charge in [-0.15, -0.1) is 0 Å². The number of hydrogen-bond acceptors (Lipinski definition) is 4. The normalized spacial score (nSPS) is 15.2. The molecule has 0 N–H and O–H groups in total. The van der Waals surface area contributed by atoms with Crippen molar-refractivity contribution in [1.82, 2.24) is 9.88 Å². The summed E-state index contributed by atoms with van der Waals surface area (Å²) in [6, 6.07) is 5.79. The molecule has 0 saturated heterocycles. The SMILES string of the molecule is COC(=O)c1c2c(nc3cc(Br)ccc13)CCN(C)C2. The van der Waals surface area contributed by atoms with Crippen LogP contribution in [0.2, 0.25) is 0 Å². The summed E-state index contributed by atoms with van der Waals surface area (Å²) in [6.07, 6.45) is 0.859. The lowest BCUT2D eigenvalue weighted by molar-refractivity contribution is 0.0600. The van der Waals surface area contributed by atoms with Crippen molar-refractivity contribution in [3.05, 3.63) is 39.5 Å². The highest BCUT2D eigenvalue weighted by atomic mass is 79.9. The molecule has 1 aromatic carbocycles. The molecule has 1 aliphatic rings. The minimum atomic E-state index is -0.286. The number of likely N-dealkylation sites (N-methyl/N-ethyl adjacent to an activating group) is 1. The molecule has 104 valence electrons. The summed E-state index contributed by atoms with van der Waals surface area (Å²) in [5.74, 6) is -0.286. The molecule has 2 heterocycles. The maximum absolute atomic E-state index is 12.2. The molecule has 1 aromatic heterocycles. The molecule has 5 heteroatoms. The number of aromatic nitrogens is 1. The Morgan fingerprint density at radius 2 is 2.25 bits per heavy atom. The lowest BCUT2D eigenvalue weighted by atomic mass is 9.96. The van der Waals surface area contributed by atoms with Crippen LogP contribution in [-0.2, 0) is 17.7 Å². The van der Waals surface area contributed by atoms with Crippen molar-refractivity contribution < 1.29 is 9.53 Å². The maximum Gasteiger partial charge on any atom is 0.338 e. The first-order chi connectivity index (χ1) is 9.60. The number of rotatable bonds is 1. The number of methoxy groups -OCH3 is 1. The second-order valence-corrected chi connectivity index (χ2v) is 5.97. The number of nitrogens with zero attached hydrogens (tertiary/aromatic N) is 2. The summed E-state index contributed by atoms with van der Waals surface area (Å²) >= 11 is 3.45. The number of carbonyl (C=O) groups excluding carboxylic acids is 1. The zero-order valence-corrected chi connectivity index (χ0v) is 13.0. The molecule has 0 amide bonds. The lowest BCUT2D eigenvalue weighted by Gasteiger charge is -2.26. The summed E-state index contributed by atoms with van der Waals surface area (Å²) in [7, 11) is 3.47. The van der Waals surface area contributed by atoms with Crippen molar-refractivity contribution in [2.45, 2.75) is 13.0 Å². The van der Waals surface area contributed by atoms with E-state index >= 15 is 0 Å². The van der Waals surface area contributed by atoms with Gasteiger partial charge in [0.05, 0.1) is 18.2 Å². The van der Waals surface area contributed by atoms with Crippen molar-refractivity contribution in [2.24, 2.45) is 0 Å². The van der Waals surface area contributed by atoms with Crippen molar-refractivity contribution in [2.75, 3.05) is 20.7 Å². The van der Waals surface area contributed by atoms with E-state index in [-0.39, 0.29) is 5.97 Å². The number of hydrogen-bond donors (Lipinski definition) is 0. The Bertz CT molecular complexity index is 700. The molecular weight excluding hydrogens is 320 g/mol. The summed E-state index contributed by atoms with van der Waals surface area (Å²) in [4.78, 5) is 19.1. The molecule has 0 saturated carbocycles. The zero-order valence-electron chi connectivity index (χ0n) is 11.4. The van der Waals surface area contributed by atoms with E-state index < -0.39 is 0 Å². The van der Waals surface area contributed by atoms with Crippen LogP contribution >= 0.6 is 15.9 Å². The molecule has 0 spiro atoms. The third-order valence-corrected chi connectivity index (χ3v) is 4.18. The predicted molar refractivity (Wildman–Crippen MR) is 80.8 cm³/mol. The van der Waals surface area contributed by atoms with E-state index in [1.54, 1.807) is 0 Å². The molecule has 20 heavy (non-hydrogen) atoms. The first-order valence-electron chi connectivity index (χ1n) is 6.48. The van der Waals surface area contributed by atoms with E-state index in [0.717, 1.165) is 46.1 Å². The van der Waals surface area contributed by atoms with Gasteiger partial charge in [0.25, 0.3) is 0 Å². The van der Waals surface area contributed by atoms with E-state index in [1.165, 1.54) is 7.11 Å². The van der Waals surface area contributed by atoms with Crippen LogP contribution in [0.15, 0.2) is 22.7 Å². The van der Waals surface area contributed by atoms with Crippen LogP contribution in [-0.4, -0.2) is 36.6 Å². The number of ether oxygens (including phenoxy) is 1. The number of carbonyl (C=O) groups is 1. The van der Waals surface area contributed by atoms with Crippen molar-refractivity contribution >= 4 is 32.8 Å². The van der Waals surface area contributed by atoms with Gasteiger partial charge in [0.15, 0.2) is 0 Å². The van der Waals surface area contributed by atoms with Gasteiger partial charge in [-0.2, -0.15) is 0 Å². The van der Waals surface area contributed by atoms with Gasteiger partial charge in [0.2, 0.25) is 0 Å². The fourth-order valence-corrected chi connectivity index (χ4v) is 3.04. The summed E-state index contributed by atoms with van der Waals surface area (Å²) < 4.78 is 5.94. The Hall–Kier alpha value is -1.46. The first kappa shape index (κ1) is 13.5. The van der Waals surface area contributed by atoms with Crippen LogP contribution in [0, 0.1) is 0 Å². The minimum Gasteiger partial charge on any atom is -0.465 e. The average Bonchev–Trinajstić information content (AvgIpc) is 2.44. The minimum absolute atomic E-state index is 0.286. The van der Waals surface area contributed by atoms with Crippen LogP contribution in [0.3, 0.4) is 0 Å². The van der Waals surface area contributed by atoms with Crippen LogP contribution in [0.1, 0.15) is 21.6 Å². The van der Waals surface area contributed by atoms with Gasteiger partial charge in [-0.05, 0) is 19.2 Å². The smallest absolute Gasteiger partial charge is 0.338 e. The second kappa shape index (κ2) is 5.14. The molecule has 2 aromatic rings. The van der Waals surface area contributed by atoms with Crippen LogP contribution in [0.25, 0.3) is 10.9 Å². The fraction of sp³-hybridized carbons (Fsp3) is 0.333. The van der Waals surface area contributed by atoms with Crippen molar-refractivity contribution in [1.29, 1.82) is 0 Å². The van der Waals surface area contributed by atoms with Gasteiger partial charge in [0.1, 0.15) is 0 Å². The molecule has 0 fully saturated rings. The van der Waals surface area contributed by atoms with E-state index in [2.05, 4.69) is 27.9 Å². The Morgan fingerprint density at radius 1 is 1.45 bits per heavy atom. The molecule has 0 radical (unpaired) electrons. The van der Waals surface area contributed by atoms with Crippen molar-refractivity contribution in [3.8, 4) is 0 Å². The highest BCUT2D eigenvalue weighted by Gasteiger charge is 2.24. The monoisotopic (exact) mass is 334 g/mol. The molecule has 0 unspecified atom stereocenters. The Balaban J connectivity index is 2.34.